The molecule has 0 saturated carbocycles. The Labute approximate surface area is 159 Å². The van der Waals surface area contributed by atoms with Crippen molar-refractivity contribution >= 4 is 34.3 Å². The molecule has 1 heterocycles. The monoisotopic (exact) mass is 370 g/mol. The van der Waals surface area contributed by atoms with E-state index in [-0.39, 0.29) is 23.8 Å². The molecule has 1 fully saturated rings. The van der Waals surface area contributed by atoms with E-state index in [4.69, 9.17) is 0 Å². The minimum atomic E-state index is -0.469. The van der Waals surface area contributed by atoms with Gasteiger partial charge in [0.15, 0.2) is 0 Å². The number of thioether (sulfide) groups is 1. The van der Waals surface area contributed by atoms with Crippen molar-refractivity contribution in [3.8, 4) is 0 Å². The van der Waals surface area contributed by atoms with Gasteiger partial charge in [0.25, 0.3) is 0 Å². The minimum Gasteiger partial charge on any atom is -0.332 e. The molecule has 0 aliphatic carbocycles. The molecule has 0 N–H and O–H groups in total. The Morgan fingerprint density at radius 3 is 2.42 bits per heavy atom. The Kier molecular flexibility index (Phi) is 5.56. The van der Waals surface area contributed by atoms with Crippen LogP contribution in [0.4, 0.5) is 0 Å². The zero-order chi connectivity index (χ0) is 18.8. The maximum absolute atomic E-state index is 13.1. The predicted molar refractivity (Wildman–Crippen MR) is 108 cm³/mol. The van der Waals surface area contributed by atoms with E-state index in [2.05, 4.69) is 24.3 Å². The third kappa shape index (κ3) is 3.20. The van der Waals surface area contributed by atoms with Gasteiger partial charge in [-0.3, -0.25) is 9.59 Å². The van der Waals surface area contributed by atoms with Crippen molar-refractivity contribution in [3.05, 3.63) is 48.0 Å². The van der Waals surface area contributed by atoms with E-state index in [1.165, 1.54) is 0 Å². The number of carbonyl (C=O) groups excluding carboxylic acids is 2. The summed E-state index contributed by atoms with van der Waals surface area (Å²) in [5.74, 6) is 0.856. The second-order valence-electron chi connectivity index (χ2n) is 7.00. The van der Waals surface area contributed by atoms with E-state index in [0.717, 1.165) is 22.1 Å². The summed E-state index contributed by atoms with van der Waals surface area (Å²) in [7, 11) is 3.53. The first-order valence-corrected chi connectivity index (χ1v) is 10.4. The van der Waals surface area contributed by atoms with Crippen molar-refractivity contribution in [2.45, 2.75) is 31.3 Å². The van der Waals surface area contributed by atoms with E-state index in [9.17, 15) is 9.59 Å². The van der Waals surface area contributed by atoms with Crippen LogP contribution in [0.25, 0.3) is 10.8 Å². The van der Waals surface area contributed by atoms with Crippen molar-refractivity contribution in [3.63, 3.8) is 0 Å². The maximum Gasteiger partial charge on any atom is 0.246 e. The molecule has 0 radical (unpaired) electrons. The molecule has 0 spiro atoms. The topological polar surface area (TPSA) is 40.6 Å². The van der Waals surface area contributed by atoms with Crippen molar-refractivity contribution in [1.29, 1.82) is 0 Å². The summed E-state index contributed by atoms with van der Waals surface area (Å²) in [4.78, 5) is 29.4. The molecule has 2 amide bonds. The molecule has 2 aromatic carbocycles. The molecule has 0 bridgehead atoms. The van der Waals surface area contributed by atoms with Crippen molar-refractivity contribution < 1.29 is 9.59 Å². The van der Waals surface area contributed by atoms with Gasteiger partial charge < -0.3 is 9.80 Å². The Morgan fingerprint density at radius 2 is 1.69 bits per heavy atom. The largest absolute Gasteiger partial charge is 0.332 e. The fourth-order valence-corrected chi connectivity index (χ4v) is 4.44. The number of carbonyl (C=O) groups is 2. The van der Waals surface area contributed by atoms with Gasteiger partial charge in [-0.2, -0.15) is 11.8 Å². The number of fused-ring (bicyclic) bond motifs is 1. The summed E-state index contributed by atoms with van der Waals surface area (Å²) >= 11 is 1.70. The lowest BCUT2D eigenvalue weighted by Gasteiger charge is -2.44. The second kappa shape index (κ2) is 7.70. The normalized spacial score (nSPS) is 22.2. The number of benzene rings is 2. The SMILES string of the molecule is CSCC[C@@H]1C(=O)N(C)[C@H]([C@H](C)c2cccc3ccccc23)C(=O)N1C. The summed E-state index contributed by atoms with van der Waals surface area (Å²) in [5, 5.41) is 2.29. The van der Waals surface area contributed by atoms with E-state index < -0.39 is 6.04 Å². The first-order valence-electron chi connectivity index (χ1n) is 8.97. The molecule has 3 atom stereocenters. The molecule has 0 unspecified atom stereocenters. The van der Waals surface area contributed by atoms with Crippen LogP contribution in [-0.2, 0) is 9.59 Å². The van der Waals surface area contributed by atoms with Crippen LogP contribution in [0.15, 0.2) is 42.5 Å². The molecule has 0 aromatic heterocycles. The van der Waals surface area contributed by atoms with Gasteiger partial charge in [0, 0.05) is 20.0 Å². The molecule has 138 valence electrons. The third-order valence-corrected chi connectivity index (χ3v) is 6.14. The van der Waals surface area contributed by atoms with Crippen LogP contribution < -0.4 is 0 Å². The fraction of sp³-hybridized carbons (Fsp3) is 0.429. The highest BCUT2D eigenvalue weighted by Gasteiger charge is 2.44. The summed E-state index contributed by atoms with van der Waals surface area (Å²) in [6.45, 7) is 2.05. The standard InChI is InChI=1S/C21H26N2O2S/c1-14(16-11-7-9-15-8-5-6-10-17(15)16)19-21(25)22(2)18(12-13-26-4)20(24)23(19)3/h5-11,14,18-19H,12-13H2,1-4H3/t14-,18-,19-/m1/s1. The van der Waals surface area contributed by atoms with Crippen LogP contribution in [0.5, 0.6) is 0 Å². The molecule has 26 heavy (non-hydrogen) atoms. The van der Waals surface area contributed by atoms with Crippen LogP contribution in [0.1, 0.15) is 24.8 Å². The van der Waals surface area contributed by atoms with Gasteiger partial charge in [-0.25, -0.2) is 0 Å². The van der Waals surface area contributed by atoms with Gasteiger partial charge in [-0.1, -0.05) is 49.4 Å². The first-order chi connectivity index (χ1) is 12.5. The third-order valence-electron chi connectivity index (χ3n) is 5.50. The number of amides is 2. The van der Waals surface area contributed by atoms with Crippen LogP contribution in [0, 0.1) is 0 Å². The summed E-state index contributed by atoms with van der Waals surface area (Å²) in [6.07, 6.45) is 2.71. The first kappa shape index (κ1) is 18.8. The highest BCUT2D eigenvalue weighted by Crippen LogP contribution is 2.33. The number of piperazine rings is 1. The lowest BCUT2D eigenvalue weighted by Crippen LogP contribution is -2.63. The average Bonchev–Trinajstić information content (AvgIpc) is 2.66. The van der Waals surface area contributed by atoms with Crippen molar-refractivity contribution in [2.24, 2.45) is 0 Å². The van der Waals surface area contributed by atoms with Gasteiger partial charge in [0.05, 0.1) is 0 Å². The Hall–Kier alpha value is -2.01. The molecular weight excluding hydrogens is 344 g/mol. The van der Waals surface area contributed by atoms with E-state index in [0.29, 0.717) is 6.42 Å². The van der Waals surface area contributed by atoms with Gasteiger partial charge in [0.1, 0.15) is 12.1 Å². The zero-order valence-corrected chi connectivity index (χ0v) is 16.6. The van der Waals surface area contributed by atoms with Gasteiger partial charge in [0.2, 0.25) is 11.8 Å². The zero-order valence-electron chi connectivity index (χ0n) is 15.8. The lowest BCUT2D eigenvalue weighted by molar-refractivity contribution is -0.159. The molecule has 1 saturated heterocycles. The van der Waals surface area contributed by atoms with Gasteiger partial charge in [-0.15, -0.1) is 0 Å². The van der Waals surface area contributed by atoms with E-state index >= 15 is 0 Å². The van der Waals surface area contributed by atoms with Crippen LogP contribution in [-0.4, -0.2) is 59.8 Å². The quantitative estimate of drug-likeness (QED) is 0.810. The minimum absolute atomic E-state index is 0.0265. The highest BCUT2D eigenvalue weighted by atomic mass is 32.2. The average molecular weight is 371 g/mol. The van der Waals surface area contributed by atoms with E-state index in [1.54, 1.807) is 35.7 Å². The van der Waals surface area contributed by atoms with Crippen LogP contribution in [0.3, 0.4) is 0 Å². The van der Waals surface area contributed by atoms with Crippen molar-refractivity contribution in [1.82, 2.24) is 9.80 Å². The van der Waals surface area contributed by atoms with Crippen LogP contribution >= 0.6 is 11.8 Å². The number of hydrogen-bond acceptors (Lipinski definition) is 3. The number of hydrogen-bond donors (Lipinski definition) is 0. The number of rotatable bonds is 5. The molecule has 3 rings (SSSR count). The second-order valence-corrected chi connectivity index (χ2v) is 7.98. The highest BCUT2D eigenvalue weighted by molar-refractivity contribution is 7.98. The predicted octanol–water partition coefficient (Wildman–Crippen LogP) is 3.36. The van der Waals surface area contributed by atoms with Gasteiger partial charge >= 0.3 is 0 Å². The molecular formula is C21H26N2O2S. The molecule has 5 heteroatoms. The number of likely N-dealkylation sites (N-methyl/N-ethyl adjacent to an activating group) is 2. The van der Waals surface area contributed by atoms with Crippen molar-refractivity contribution in [2.75, 3.05) is 26.1 Å². The maximum atomic E-state index is 13.1. The Bertz CT molecular complexity index is 817. The molecule has 1 aliphatic rings. The summed E-state index contributed by atoms with van der Waals surface area (Å²) < 4.78 is 0. The molecule has 2 aromatic rings. The smallest absolute Gasteiger partial charge is 0.246 e. The molecule has 1 aliphatic heterocycles. The lowest BCUT2D eigenvalue weighted by atomic mass is 9.86. The van der Waals surface area contributed by atoms with Gasteiger partial charge in [-0.05, 0) is 34.8 Å². The van der Waals surface area contributed by atoms with E-state index in [1.807, 2.05) is 31.4 Å². The summed E-state index contributed by atoms with van der Waals surface area (Å²) in [5.41, 5.74) is 1.11. The molecule has 4 nitrogen and oxygen atoms in total. The Balaban J connectivity index is 1.95. The Morgan fingerprint density at radius 1 is 1.00 bits per heavy atom. The van der Waals surface area contributed by atoms with Crippen LogP contribution in [0.2, 0.25) is 0 Å². The fourth-order valence-electron chi connectivity index (χ4n) is 3.98. The summed E-state index contributed by atoms with van der Waals surface area (Å²) in [6, 6.07) is 13.5. The number of nitrogens with zero attached hydrogens (tertiary/aromatic N) is 2.